The van der Waals surface area contributed by atoms with Crippen molar-refractivity contribution in [1.29, 1.82) is 0 Å². The van der Waals surface area contributed by atoms with E-state index >= 15 is 0 Å². The van der Waals surface area contributed by atoms with Gasteiger partial charge in [-0.05, 0) is 12.8 Å². The van der Waals surface area contributed by atoms with Crippen LogP contribution in [0.3, 0.4) is 0 Å². The molecule has 4 heteroatoms. The lowest BCUT2D eigenvalue weighted by molar-refractivity contribution is 0.597. The molecule has 72 valence electrons. The van der Waals surface area contributed by atoms with E-state index in [0.29, 0.717) is 6.42 Å². The fraction of sp³-hybridized carbons (Fsp3) is 0.750. The molecule has 0 spiro atoms. The first-order valence-electron chi connectivity index (χ1n) is 4.03. The third kappa shape index (κ3) is 6.85. The second-order valence-corrected chi connectivity index (χ2v) is 5.74. The molecule has 0 atom stereocenters. The second kappa shape index (κ2) is 6.66. The zero-order chi connectivity index (χ0) is 9.45. The van der Waals surface area contributed by atoms with E-state index in [1.165, 1.54) is 0 Å². The van der Waals surface area contributed by atoms with Crippen molar-refractivity contribution >= 4 is 25.8 Å². The van der Waals surface area contributed by atoms with Crippen molar-refractivity contribution < 1.29 is 8.42 Å². The van der Waals surface area contributed by atoms with Crippen molar-refractivity contribution in [2.45, 2.75) is 19.8 Å². The third-order valence-electron chi connectivity index (χ3n) is 1.48. The summed E-state index contributed by atoms with van der Waals surface area (Å²) in [6.45, 7) is 1.68. The average Bonchev–Trinajstić information content (AvgIpc) is 2.04. The molecule has 0 aromatic heterocycles. The van der Waals surface area contributed by atoms with Gasteiger partial charge in [-0.1, -0.05) is 35.0 Å². The van der Waals surface area contributed by atoms with Gasteiger partial charge in [-0.3, -0.25) is 0 Å². The highest BCUT2D eigenvalue weighted by Crippen LogP contribution is 1.96. The molecule has 0 amide bonds. The Morgan fingerprint density at radius 1 is 1.25 bits per heavy atom. The van der Waals surface area contributed by atoms with E-state index in [-0.39, 0.29) is 11.5 Å². The normalized spacial score (nSPS) is 12.5. The average molecular weight is 255 g/mol. The first-order valence-corrected chi connectivity index (χ1v) is 6.98. The van der Waals surface area contributed by atoms with E-state index in [0.717, 1.165) is 11.8 Å². The Hall–Kier alpha value is 0.170. The molecule has 0 aliphatic carbocycles. The first-order chi connectivity index (χ1) is 5.62. The van der Waals surface area contributed by atoms with Crippen LogP contribution in [0, 0.1) is 0 Å². The van der Waals surface area contributed by atoms with Gasteiger partial charge in [-0.25, -0.2) is 8.42 Å². The molecule has 0 saturated heterocycles. The van der Waals surface area contributed by atoms with Crippen LogP contribution < -0.4 is 0 Å². The molecule has 0 N–H and O–H groups in total. The van der Waals surface area contributed by atoms with Gasteiger partial charge >= 0.3 is 0 Å². The molecule has 0 bridgehead atoms. The van der Waals surface area contributed by atoms with Crippen molar-refractivity contribution in [3.63, 3.8) is 0 Å². The van der Waals surface area contributed by atoms with Crippen molar-refractivity contribution in [2.24, 2.45) is 0 Å². The Kier molecular flexibility index (Phi) is 6.76. The van der Waals surface area contributed by atoms with Crippen molar-refractivity contribution in [3.8, 4) is 0 Å². The minimum atomic E-state index is -2.77. The zero-order valence-electron chi connectivity index (χ0n) is 7.29. The van der Waals surface area contributed by atoms with Crippen LogP contribution in [0.4, 0.5) is 0 Å². The van der Waals surface area contributed by atoms with Crippen LogP contribution in [0.1, 0.15) is 19.8 Å². The van der Waals surface area contributed by atoms with Gasteiger partial charge in [0.05, 0.1) is 5.75 Å². The summed E-state index contributed by atoms with van der Waals surface area (Å²) in [6, 6.07) is 0. The number of halogens is 1. The van der Waals surface area contributed by atoms with Crippen LogP contribution >= 0.6 is 15.9 Å². The van der Waals surface area contributed by atoms with Crippen LogP contribution in [-0.4, -0.2) is 25.3 Å². The summed E-state index contributed by atoms with van der Waals surface area (Å²) in [4.78, 5) is 0. The smallest absolute Gasteiger partial charge is 0.150 e. The standard InChI is InChI=1S/C8H15BrO2S/c1-2-12(10,11)8-6-4-3-5-7-9/h3-4H,2,5-8H2,1H3/b4-3+. The number of hydrogen-bond donors (Lipinski definition) is 0. The molecule has 0 saturated carbocycles. The van der Waals surface area contributed by atoms with E-state index in [9.17, 15) is 8.42 Å². The lowest BCUT2D eigenvalue weighted by atomic mass is 10.4. The maximum atomic E-state index is 11.0. The van der Waals surface area contributed by atoms with Crippen molar-refractivity contribution in [1.82, 2.24) is 0 Å². The maximum Gasteiger partial charge on any atom is 0.150 e. The molecule has 0 aliphatic rings. The van der Waals surface area contributed by atoms with E-state index in [1.54, 1.807) is 6.92 Å². The zero-order valence-corrected chi connectivity index (χ0v) is 9.70. The molecule has 0 heterocycles. The van der Waals surface area contributed by atoms with E-state index in [1.807, 2.05) is 12.2 Å². The largest absolute Gasteiger partial charge is 0.229 e. The minimum Gasteiger partial charge on any atom is -0.229 e. The van der Waals surface area contributed by atoms with Gasteiger partial charge < -0.3 is 0 Å². The molecule has 12 heavy (non-hydrogen) atoms. The molecule has 0 rings (SSSR count). The number of alkyl halides is 1. The Labute approximate surface area is 83.1 Å². The lowest BCUT2D eigenvalue weighted by Crippen LogP contribution is -2.07. The summed E-state index contributed by atoms with van der Waals surface area (Å²) < 4.78 is 22.0. The van der Waals surface area contributed by atoms with Crippen molar-refractivity contribution in [3.05, 3.63) is 12.2 Å². The molecule has 0 radical (unpaired) electrons. The summed E-state index contributed by atoms with van der Waals surface area (Å²) >= 11 is 3.29. The monoisotopic (exact) mass is 254 g/mol. The van der Waals surface area contributed by atoms with Crippen LogP contribution in [0.15, 0.2) is 12.2 Å². The summed E-state index contributed by atoms with van der Waals surface area (Å²) in [5.41, 5.74) is 0. The van der Waals surface area contributed by atoms with Gasteiger partial charge in [0.25, 0.3) is 0 Å². The fourth-order valence-electron chi connectivity index (χ4n) is 0.691. The predicted molar refractivity (Wildman–Crippen MR) is 56.5 cm³/mol. The molecule has 0 fully saturated rings. The molecule has 2 nitrogen and oxygen atoms in total. The van der Waals surface area contributed by atoms with E-state index in [4.69, 9.17) is 0 Å². The van der Waals surface area contributed by atoms with E-state index in [2.05, 4.69) is 15.9 Å². The van der Waals surface area contributed by atoms with Gasteiger partial charge in [0.2, 0.25) is 0 Å². The number of rotatable bonds is 6. The lowest BCUT2D eigenvalue weighted by Gasteiger charge is -1.95. The quantitative estimate of drug-likeness (QED) is 0.538. The number of sulfone groups is 1. The van der Waals surface area contributed by atoms with E-state index < -0.39 is 9.84 Å². The molecular weight excluding hydrogens is 240 g/mol. The number of allylic oxidation sites excluding steroid dienone is 2. The SMILES string of the molecule is CCS(=O)(=O)CC/C=C/CCBr. The minimum absolute atomic E-state index is 0.249. The van der Waals surface area contributed by atoms with Crippen LogP contribution in [0.25, 0.3) is 0 Å². The summed E-state index contributed by atoms with van der Waals surface area (Å²) in [7, 11) is -2.77. The van der Waals surface area contributed by atoms with Crippen molar-refractivity contribution in [2.75, 3.05) is 16.8 Å². The highest BCUT2D eigenvalue weighted by molar-refractivity contribution is 9.09. The Morgan fingerprint density at radius 3 is 2.33 bits per heavy atom. The number of hydrogen-bond acceptors (Lipinski definition) is 2. The highest BCUT2D eigenvalue weighted by Gasteiger charge is 2.03. The topological polar surface area (TPSA) is 34.1 Å². The van der Waals surface area contributed by atoms with Crippen LogP contribution in [0.2, 0.25) is 0 Å². The first kappa shape index (κ1) is 12.2. The summed E-state index contributed by atoms with van der Waals surface area (Å²) in [5, 5.41) is 0.935. The maximum absolute atomic E-state index is 11.0. The van der Waals surface area contributed by atoms with Gasteiger partial charge in [0.15, 0.2) is 0 Å². The summed E-state index contributed by atoms with van der Waals surface area (Å²) in [5.74, 6) is 0.529. The molecule has 0 aromatic rings. The molecule has 0 aromatic carbocycles. The summed E-state index contributed by atoms with van der Waals surface area (Å²) in [6.07, 6.45) is 5.53. The highest BCUT2D eigenvalue weighted by atomic mass is 79.9. The Morgan fingerprint density at radius 2 is 1.83 bits per heavy atom. The predicted octanol–water partition coefficient (Wildman–Crippen LogP) is 2.15. The third-order valence-corrected chi connectivity index (χ3v) is 3.67. The van der Waals surface area contributed by atoms with Gasteiger partial charge in [0.1, 0.15) is 9.84 Å². The van der Waals surface area contributed by atoms with Gasteiger partial charge in [-0.2, -0.15) is 0 Å². The fourth-order valence-corrected chi connectivity index (χ4v) is 1.74. The molecule has 0 unspecified atom stereocenters. The van der Waals surface area contributed by atoms with Gasteiger partial charge in [0, 0.05) is 11.1 Å². The Balaban J connectivity index is 3.56. The molecule has 0 aliphatic heterocycles. The second-order valence-electron chi connectivity index (χ2n) is 2.47. The van der Waals surface area contributed by atoms with Crippen LogP contribution in [-0.2, 0) is 9.84 Å². The van der Waals surface area contributed by atoms with Gasteiger partial charge in [-0.15, -0.1) is 0 Å². The van der Waals surface area contributed by atoms with Crippen LogP contribution in [0.5, 0.6) is 0 Å². The molecular formula is C8H15BrO2S. The Bertz CT molecular complexity index is 219.